The summed E-state index contributed by atoms with van der Waals surface area (Å²) in [7, 11) is 1.80. The van der Waals surface area contributed by atoms with Gasteiger partial charge < -0.3 is 10.1 Å². The average molecular weight is 256 g/mol. The molecule has 0 amide bonds. The highest BCUT2D eigenvalue weighted by Crippen LogP contribution is 2.31. The molecule has 1 fully saturated rings. The average Bonchev–Trinajstić information content (AvgIpc) is 2.22. The normalized spacial score (nSPS) is 33.9. The van der Waals surface area contributed by atoms with E-state index < -0.39 is 0 Å². The van der Waals surface area contributed by atoms with Crippen molar-refractivity contribution in [3.05, 3.63) is 0 Å². The predicted molar refractivity (Wildman–Crippen MR) is 74.7 cm³/mol. The molecule has 3 nitrogen and oxygen atoms in total. The summed E-state index contributed by atoms with van der Waals surface area (Å²) < 4.78 is 5.29. The van der Waals surface area contributed by atoms with Crippen molar-refractivity contribution in [2.75, 3.05) is 12.9 Å². The Morgan fingerprint density at radius 3 is 2.65 bits per heavy atom. The first kappa shape index (κ1) is 13.2. The van der Waals surface area contributed by atoms with Crippen molar-refractivity contribution in [3.63, 3.8) is 0 Å². The Morgan fingerprint density at radius 1 is 1.35 bits per heavy atom. The zero-order chi connectivity index (χ0) is 12.5. The summed E-state index contributed by atoms with van der Waals surface area (Å²) in [6.07, 6.45) is 3.90. The molecule has 2 aliphatic rings. The number of thioether (sulfide) groups is 1. The molecule has 1 saturated carbocycles. The van der Waals surface area contributed by atoms with Crippen LogP contribution in [0.1, 0.15) is 40.0 Å². The molecule has 0 saturated heterocycles. The van der Waals surface area contributed by atoms with Crippen LogP contribution in [0.25, 0.3) is 0 Å². The van der Waals surface area contributed by atoms with E-state index >= 15 is 0 Å². The monoisotopic (exact) mass is 256 g/mol. The number of methoxy groups -OCH3 is 1. The van der Waals surface area contributed by atoms with Crippen molar-refractivity contribution in [2.24, 2.45) is 10.4 Å². The lowest BCUT2D eigenvalue weighted by atomic mass is 9.85. The second-order valence-corrected chi connectivity index (χ2v) is 7.21. The van der Waals surface area contributed by atoms with E-state index in [0.29, 0.717) is 18.2 Å². The van der Waals surface area contributed by atoms with Crippen LogP contribution in [0.4, 0.5) is 0 Å². The van der Waals surface area contributed by atoms with Gasteiger partial charge in [-0.05, 0) is 24.7 Å². The van der Waals surface area contributed by atoms with Crippen LogP contribution in [0.5, 0.6) is 0 Å². The zero-order valence-electron chi connectivity index (χ0n) is 11.3. The fraction of sp³-hybridized carbons (Fsp3) is 0.923. The van der Waals surface area contributed by atoms with Gasteiger partial charge in [-0.3, -0.25) is 4.99 Å². The van der Waals surface area contributed by atoms with E-state index in [4.69, 9.17) is 9.73 Å². The van der Waals surface area contributed by atoms with Crippen LogP contribution in [-0.4, -0.2) is 36.2 Å². The van der Waals surface area contributed by atoms with E-state index in [1.54, 1.807) is 7.11 Å². The Balaban J connectivity index is 1.86. The summed E-state index contributed by atoms with van der Waals surface area (Å²) in [5, 5.41) is 4.70. The molecule has 1 heterocycles. The fourth-order valence-electron chi connectivity index (χ4n) is 2.27. The fourth-order valence-corrected chi connectivity index (χ4v) is 3.25. The summed E-state index contributed by atoms with van der Waals surface area (Å²) in [6.45, 7) is 6.83. The van der Waals surface area contributed by atoms with Crippen molar-refractivity contribution in [1.29, 1.82) is 0 Å². The minimum absolute atomic E-state index is 0.280. The topological polar surface area (TPSA) is 33.6 Å². The number of aliphatic imine (C=N–C) groups is 1. The molecule has 0 radical (unpaired) electrons. The Hall–Kier alpha value is -0.220. The van der Waals surface area contributed by atoms with Crippen LogP contribution in [-0.2, 0) is 4.74 Å². The predicted octanol–water partition coefficient (Wildman–Crippen LogP) is 2.66. The van der Waals surface area contributed by atoms with Gasteiger partial charge in [0.15, 0.2) is 5.17 Å². The lowest BCUT2D eigenvalue weighted by Gasteiger charge is -2.37. The van der Waals surface area contributed by atoms with Crippen LogP contribution in [0.2, 0.25) is 0 Å². The quantitative estimate of drug-likeness (QED) is 0.824. The number of ether oxygens (including phenoxy) is 1. The van der Waals surface area contributed by atoms with E-state index in [1.807, 2.05) is 11.8 Å². The molecule has 1 aliphatic carbocycles. The summed E-state index contributed by atoms with van der Waals surface area (Å²) in [5.41, 5.74) is 0.280. The van der Waals surface area contributed by atoms with Gasteiger partial charge in [-0.25, -0.2) is 0 Å². The van der Waals surface area contributed by atoms with E-state index in [0.717, 1.165) is 18.0 Å². The Bertz CT molecular complexity index is 292. The molecule has 1 atom stereocenters. The van der Waals surface area contributed by atoms with Crippen molar-refractivity contribution < 1.29 is 4.74 Å². The third-order valence-electron chi connectivity index (χ3n) is 3.66. The maximum Gasteiger partial charge on any atom is 0.157 e. The maximum absolute atomic E-state index is 5.29. The Morgan fingerprint density at radius 2 is 2.06 bits per heavy atom. The van der Waals surface area contributed by atoms with E-state index in [9.17, 15) is 0 Å². The summed E-state index contributed by atoms with van der Waals surface area (Å²) in [6, 6.07) is 1.04. The van der Waals surface area contributed by atoms with Crippen molar-refractivity contribution in [3.8, 4) is 0 Å². The zero-order valence-corrected chi connectivity index (χ0v) is 12.1. The van der Waals surface area contributed by atoms with E-state index in [1.165, 1.54) is 12.2 Å². The molecule has 0 bridgehead atoms. The Labute approximate surface area is 109 Å². The van der Waals surface area contributed by atoms with Gasteiger partial charge in [0.05, 0.1) is 12.1 Å². The lowest BCUT2D eigenvalue weighted by Crippen LogP contribution is -2.48. The van der Waals surface area contributed by atoms with Crippen LogP contribution in [0.3, 0.4) is 0 Å². The number of rotatable bonds is 2. The molecule has 2 rings (SSSR count). The first-order valence-corrected chi connectivity index (χ1v) is 7.47. The second-order valence-electron chi connectivity index (χ2n) is 6.12. The molecular formula is C13H24N2OS. The molecule has 1 aliphatic heterocycles. The number of amidine groups is 1. The minimum Gasteiger partial charge on any atom is -0.381 e. The van der Waals surface area contributed by atoms with Crippen LogP contribution >= 0.6 is 11.8 Å². The van der Waals surface area contributed by atoms with Gasteiger partial charge in [-0.2, -0.15) is 0 Å². The van der Waals surface area contributed by atoms with Gasteiger partial charge in [0.2, 0.25) is 0 Å². The summed E-state index contributed by atoms with van der Waals surface area (Å²) >= 11 is 1.87. The van der Waals surface area contributed by atoms with Crippen LogP contribution < -0.4 is 5.32 Å². The molecule has 0 spiro atoms. The number of nitrogens with one attached hydrogen (secondary N) is 1. The molecule has 0 aromatic heterocycles. The smallest absolute Gasteiger partial charge is 0.157 e. The van der Waals surface area contributed by atoms with Gasteiger partial charge in [-0.1, -0.05) is 32.5 Å². The highest BCUT2D eigenvalue weighted by Gasteiger charge is 2.32. The highest BCUT2D eigenvalue weighted by atomic mass is 32.2. The first-order valence-electron chi connectivity index (χ1n) is 6.49. The third-order valence-corrected chi connectivity index (χ3v) is 4.60. The second kappa shape index (κ2) is 5.19. The number of hydrogen-bond acceptors (Lipinski definition) is 4. The molecule has 1 unspecified atom stereocenters. The van der Waals surface area contributed by atoms with Gasteiger partial charge >= 0.3 is 0 Å². The molecule has 1 N–H and O–H groups in total. The van der Waals surface area contributed by atoms with Crippen LogP contribution in [0.15, 0.2) is 4.99 Å². The summed E-state index contributed by atoms with van der Waals surface area (Å²) in [4.78, 5) is 4.85. The van der Waals surface area contributed by atoms with E-state index in [2.05, 4.69) is 26.1 Å². The van der Waals surface area contributed by atoms with Crippen molar-refractivity contribution in [2.45, 2.75) is 58.2 Å². The molecule has 17 heavy (non-hydrogen) atoms. The minimum atomic E-state index is 0.280. The van der Waals surface area contributed by atoms with Gasteiger partial charge in [0, 0.05) is 18.9 Å². The molecule has 98 valence electrons. The Kier molecular flexibility index (Phi) is 4.03. The van der Waals surface area contributed by atoms with Gasteiger partial charge in [0.1, 0.15) is 0 Å². The van der Waals surface area contributed by atoms with Crippen molar-refractivity contribution >= 4 is 16.9 Å². The lowest BCUT2D eigenvalue weighted by molar-refractivity contribution is 0.0228. The first-order chi connectivity index (χ1) is 7.99. The summed E-state index contributed by atoms with van der Waals surface area (Å²) in [5.74, 6) is 1.19. The number of nitrogens with zero attached hydrogens (tertiary/aromatic N) is 1. The largest absolute Gasteiger partial charge is 0.381 e. The third kappa shape index (κ3) is 3.38. The highest BCUT2D eigenvalue weighted by molar-refractivity contribution is 8.13. The maximum atomic E-state index is 5.29. The molecule has 0 aromatic carbocycles. The molecule has 4 heteroatoms. The molecule has 0 aromatic rings. The van der Waals surface area contributed by atoms with Gasteiger partial charge in [-0.15, -0.1) is 0 Å². The van der Waals surface area contributed by atoms with E-state index in [-0.39, 0.29) is 5.41 Å². The standard InChI is InChI=1S/C13H24N2OS/c1-13(2,3)11-5-6-17-12(15-11)14-9-7-10(8-9)16-4/h9-11H,5-8H2,1-4H3,(H,14,15). The van der Waals surface area contributed by atoms with Crippen molar-refractivity contribution in [1.82, 2.24) is 5.32 Å². The van der Waals surface area contributed by atoms with Gasteiger partial charge in [0.25, 0.3) is 0 Å². The van der Waals surface area contributed by atoms with Crippen LogP contribution in [0, 0.1) is 5.41 Å². The molecular weight excluding hydrogens is 232 g/mol. The SMILES string of the molecule is COC1CC(NC2=NC(C(C)(C)C)CCS2)C1. The number of hydrogen-bond donors (Lipinski definition) is 1.